The summed E-state index contributed by atoms with van der Waals surface area (Å²) in [4.78, 5) is 4.11. The van der Waals surface area contributed by atoms with Crippen LogP contribution in [0.3, 0.4) is 0 Å². The summed E-state index contributed by atoms with van der Waals surface area (Å²) >= 11 is 0. The second-order valence-electron chi connectivity index (χ2n) is 4.67. The molecular formula is C13H20N2O. The predicted molar refractivity (Wildman–Crippen MR) is 64.1 cm³/mol. The Hall–Kier alpha value is -0.930. The molecule has 1 aliphatic rings. The zero-order chi connectivity index (χ0) is 11.4. The first-order valence-electron chi connectivity index (χ1n) is 6.02. The van der Waals surface area contributed by atoms with Crippen molar-refractivity contribution in [3.63, 3.8) is 0 Å². The van der Waals surface area contributed by atoms with Crippen LogP contribution >= 0.6 is 0 Å². The Bertz CT molecular complexity index is 305. The fourth-order valence-corrected chi connectivity index (χ4v) is 2.34. The number of hydrogen-bond acceptors (Lipinski definition) is 3. The third kappa shape index (κ3) is 3.29. The van der Waals surface area contributed by atoms with Crippen LogP contribution in [0.25, 0.3) is 0 Å². The van der Waals surface area contributed by atoms with Gasteiger partial charge >= 0.3 is 0 Å². The van der Waals surface area contributed by atoms with Gasteiger partial charge in [0, 0.05) is 25.0 Å². The molecule has 1 fully saturated rings. The third-order valence-corrected chi connectivity index (χ3v) is 3.02. The Morgan fingerprint density at radius 2 is 2.12 bits per heavy atom. The maximum Gasteiger partial charge on any atom is 0.0565 e. The van der Waals surface area contributed by atoms with E-state index in [0.29, 0.717) is 18.2 Å². The largest absolute Gasteiger partial charge is 0.375 e. The maximum absolute atomic E-state index is 5.72. The summed E-state index contributed by atoms with van der Waals surface area (Å²) in [6, 6.07) is 4.65. The monoisotopic (exact) mass is 220 g/mol. The van der Waals surface area contributed by atoms with Gasteiger partial charge in [-0.3, -0.25) is 4.98 Å². The molecule has 1 N–H and O–H groups in total. The lowest BCUT2D eigenvalue weighted by atomic mass is 10.00. The molecule has 1 aliphatic heterocycles. The van der Waals surface area contributed by atoms with Crippen LogP contribution in [0.1, 0.15) is 32.3 Å². The Labute approximate surface area is 97.2 Å². The summed E-state index contributed by atoms with van der Waals surface area (Å²) < 4.78 is 5.72. The van der Waals surface area contributed by atoms with Gasteiger partial charge in [0.25, 0.3) is 0 Å². The van der Waals surface area contributed by atoms with E-state index in [1.54, 1.807) is 0 Å². The fraction of sp³-hybridized carbons (Fsp3) is 0.615. The normalized spacial score (nSPS) is 30.2. The van der Waals surface area contributed by atoms with E-state index in [2.05, 4.69) is 30.2 Å². The molecule has 2 heterocycles. The molecule has 2 unspecified atom stereocenters. The van der Waals surface area contributed by atoms with Crippen LogP contribution in [0, 0.1) is 0 Å². The molecule has 3 heteroatoms. The molecular weight excluding hydrogens is 200 g/mol. The lowest BCUT2D eigenvalue weighted by Crippen LogP contribution is -2.40. The van der Waals surface area contributed by atoms with Gasteiger partial charge in [-0.05, 0) is 38.3 Å². The minimum absolute atomic E-state index is 0.371. The highest BCUT2D eigenvalue weighted by molar-refractivity contribution is 5.08. The Morgan fingerprint density at radius 3 is 2.75 bits per heavy atom. The fourth-order valence-electron chi connectivity index (χ4n) is 2.34. The number of hydrogen-bond donors (Lipinski definition) is 1. The van der Waals surface area contributed by atoms with Crippen LogP contribution in [0.2, 0.25) is 0 Å². The molecule has 0 aromatic carbocycles. The van der Waals surface area contributed by atoms with Gasteiger partial charge in [-0.15, -0.1) is 0 Å². The molecule has 0 spiro atoms. The summed E-state index contributed by atoms with van der Waals surface area (Å²) in [5.74, 6) is 0. The molecule has 0 amide bonds. The summed E-state index contributed by atoms with van der Waals surface area (Å²) in [5.41, 5.74) is 1.24. The highest BCUT2D eigenvalue weighted by atomic mass is 16.5. The quantitative estimate of drug-likeness (QED) is 0.847. The lowest BCUT2D eigenvalue weighted by molar-refractivity contribution is -0.0422. The molecule has 88 valence electrons. The molecule has 2 rings (SSSR count). The summed E-state index contributed by atoms with van der Waals surface area (Å²) in [7, 11) is 0. The van der Waals surface area contributed by atoms with Gasteiger partial charge in [0.15, 0.2) is 0 Å². The van der Waals surface area contributed by atoms with E-state index in [1.807, 2.05) is 18.5 Å². The SMILES string of the molecule is CC1CC(NCc2cccnc2)CC(C)O1. The van der Waals surface area contributed by atoms with Gasteiger partial charge in [-0.25, -0.2) is 0 Å². The van der Waals surface area contributed by atoms with Crippen molar-refractivity contribution in [2.75, 3.05) is 0 Å². The topological polar surface area (TPSA) is 34.2 Å². The first-order chi connectivity index (χ1) is 7.74. The molecule has 0 radical (unpaired) electrons. The van der Waals surface area contributed by atoms with Crippen molar-refractivity contribution >= 4 is 0 Å². The van der Waals surface area contributed by atoms with Crippen LogP contribution in [0.5, 0.6) is 0 Å². The Morgan fingerprint density at radius 1 is 1.38 bits per heavy atom. The van der Waals surface area contributed by atoms with Crippen LogP contribution < -0.4 is 5.32 Å². The van der Waals surface area contributed by atoms with E-state index >= 15 is 0 Å². The average molecular weight is 220 g/mol. The molecule has 1 aromatic rings. The standard InChI is InChI=1S/C13H20N2O/c1-10-6-13(7-11(2)16-10)15-9-12-4-3-5-14-8-12/h3-5,8,10-11,13,15H,6-7,9H2,1-2H3. The van der Waals surface area contributed by atoms with Gasteiger partial charge < -0.3 is 10.1 Å². The molecule has 0 aliphatic carbocycles. The second kappa shape index (κ2) is 5.41. The van der Waals surface area contributed by atoms with Crippen LogP contribution in [0.4, 0.5) is 0 Å². The van der Waals surface area contributed by atoms with Crippen LogP contribution in [-0.4, -0.2) is 23.2 Å². The van der Waals surface area contributed by atoms with Gasteiger partial charge in [0.1, 0.15) is 0 Å². The first kappa shape index (κ1) is 11.6. The highest BCUT2D eigenvalue weighted by Crippen LogP contribution is 2.19. The van der Waals surface area contributed by atoms with Crippen molar-refractivity contribution in [3.8, 4) is 0 Å². The second-order valence-corrected chi connectivity index (χ2v) is 4.67. The molecule has 0 bridgehead atoms. The summed E-state index contributed by atoms with van der Waals surface area (Å²) in [6.07, 6.45) is 6.67. The van der Waals surface area contributed by atoms with E-state index in [4.69, 9.17) is 4.74 Å². The summed E-state index contributed by atoms with van der Waals surface area (Å²) in [5, 5.41) is 3.58. The van der Waals surface area contributed by atoms with E-state index in [-0.39, 0.29) is 0 Å². The number of aromatic nitrogens is 1. The van der Waals surface area contributed by atoms with E-state index < -0.39 is 0 Å². The average Bonchev–Trinajstić information content (AvgIpc) is 2.27. The Balaban J connectivity index is 1.81. The van der Waals surface area contributed by atoms with Crippen molar-refractivity contribution in [3.05, 3.63) is 30.1 Å². The maximum atomic E-state index is 5.72. The van der Waals surface area contributed by atoms with Crippen molar-refractivity contribution in [2.24, 2.45) is 0 Å². The molecule has 3 nitrogen and oxygen atoms in total. The van der Waals surface area contributed by atoms with Gasteiger partial charge in [0.05, 0.1) is 12.2 Å². The molecule has 16 heavy (non-hydrogen) atoms. The number of rotatable bonds is 3. The zero-order valence-electron chi connectivity index (χ0n) is 10.0. The molecule has 1 saturated heterocycles. The van der Waals surface area contributed by atoms with Crippen LogP contribution in [-0.2, 0) is 11.3 Å². The molecule has 2 atom stereocenters. The Kier molecular flexibility index (Phi) is 3.91. The molecule has 1 aromatic heterocycles. The van der Waals surface area contributed by atoms with Gasteiger partial charge in [-0.1, -0.05) is 6.07 Å². The van der Waals surface area contributed by atoms with Gasteiger partial charge in [0.2, 0.25) is 0 Å². The molecule has 0 saturated carbocycles. The van der Waals surface area contributed by atoms with Crippen molar-refractivity contribution in [1.29, 1.82) is 0 Å². The third-order valence-electron chi connectivity index (χ3n) is 3.02. The minimum atomic E-state index is 0.371. The number of ether oxygens (including phenoxy) is 1. The lowest BCUT2D eigenvalue weighted by Gasteiger charge is -2.32. The number of nitrogens with one attached hydrogen (secondary N) is 1. The summed E-state index contributed by atoms with van der Waals surface area (Å²) in [6.45, 7) is 5.20. The zero-order valence-corrected chi connectivity index (χ0v) is 10.0. The number of nitrogens with zero attached hydrogens (tertiary/aromatic N) is 1. The van der Waals surface area contributed by atoms with Crippen molar-refractivity contribution in [1.82, 2.24) is 10.3 Å². The van der Waals surface area contributed by atoms with Crippen LogP contribution in [0.15, 0.2) is 24.5 Å². The smallest absolute Gasteiger partial charge is 0.0565 e. The predicted octanol–water partition coefficient (Wildman–Crippen LogP) is 2.13. The minimum Gasteiger partial charge on any atom is -0.375 e. The highest BCUT2D eigenvalue weighted by Gasteiger charge is 2.23. The van der Waals surface area contributed by atoms with E-state index in [0.717, 1.165) is 19.4 Å². The first-order valence-corrected chi connectivity index (χ1v) is 6.02. The van der Waals surface area contributed by atoms with Crippen molar-refractivity contribution in [2.45, 2.75) is 51.5 Å². The van der Waals surface area contributed by atoms with E-state index in [1.165, 1.54) is 5.56 Å². The van der Waals surface area contributed by atoms with Gasteiger partial charge in [-0.2, -0.15) is 0 Å². The van der Waals surface area contributed by atoms with Crippen molar-refractivity contribution < 1.29 is 4.74 Å². The van der Waals surface area contributed by atoms with E-state index in [9.17, 15) is 0 Å². The number of pyridine rings is 1.